The van der Waals surface area contributed by atoms with Crippen molar-refractivity contribution in [2.75, 3.05) is 27.3 Å². The van der Waals surface area contributed by atoms with Crippen molar-refractivity contribution in [2.45, 2.75) is 33.7 Å². The number of likely N-dealkylation sites (N-methyl/N-ethyl adjacent to an activating group) is 1. The number of hydrogen-bond acceptors (Lipinski definition) is 4. The van der Waals surface area contributed by atoms with E-state index in [1.54, 1.807) is 29.8 Å². The van der Waals surface area contributed by atoms with Crippen LogP contribution in [0.15, 0.2) is 48.5 Å². The third-order valence-corrected chi connectivity index (χ3v) is 5.31. The Hall–Kier alpha value is -3.45. The zero-order valence-corrected chi connectivity index (χ0v) is 20.2. The third-order valence-electron chi connectivity index (χ3n) is 5.31. The fraction of sp³-hybridized carbons (Fsp3) is 0.346. The summed E-state index contributed by atoms with van der Waals surface area (Å²) in [5, 5.41) is 7.41. The van der Waals surface area contributed by atoms with E-state index in [0.29, 0.717) is 24.4 Å². The smallest absolute Gasteiger partial charge is 0.271 e. The van der Waals surface area contributed by atoms with E-state index in [4.69, 9.17) is 4.74 Å². The number of carbonyl (C=O) groups is 2. The van der Waals surface area contributed by atoms with Gasteiger partial charge in [0, 0.05) is 38.0 Å². The van der Waals surface area contributed by atoms with Gasteiger partial charge in [0.1, 0.15) is 0 Å². The summed E-state index contributed by atoms with van der Waals surface area (Å²) in [6, 6.07) is 15.6. The van der Waals surface area contributed by atoms with Gasteiger partial charge in [-0.25, -0.2) is 4.68 Å². The number of carbonyl (C=O) groups excluding carboxylic acids is 2. The summed E-state index contributed by atoms with van der Waals surface area (Å²) < 4.78 is 6.83. The molecule has 0 fully saturated rings. The average Bonchev–Trinajstić information content (AvgIpc) is 3.18. The molecule has 3 rings (SSSR count). The molecule has 174 valence electrons. The first kappa shape index (κ1) is 24.2. The van der Waals surface area contributed by atoms with Gasteiger partial charge in [0.15, 0.2) is 5.69 Å². The predicted molar refractivity (Wildman–Crippen MR) is 130 cm³/mol. The third kappa shape index (κ3) is 5.87. The Morgan fingerprint density at radius 2 is 1.76 bits per heavy atom. The van der Waals surface area contributed by atoms with Crippen LogP contribution in [-0.4, -0.2) is 59.8 Å². The fourth-order valence-corrected chi connectivity index (χ4v) is 3.50. The maximum absolute atomic E-state index is 13.2. The lowest BCUT2D eigenvalue weighted by molar-refractivity contribution is 0.0744. The minimum Gasteiger partial charge on any atom is -0.383 e. The highest BCUT2D eigenvalue weighted by Gasteiger charge is 2.18. The van der Waals surface area contributed by atoms with Crippen LogP contribution in [0.2, 0.25) is 0 Å². The Bertz CT molecular complexity index is 1130. The van der Waals surface area contributed by atoms with Crippen LogP contribution in [0.1, 0.15) is 46.0 Å². The van der Waals surface area contributed by atoms with Crippen LogP contribution in [-0.2, 0) is 4.74 Å². The number of rotatable bonds is 8. The fourth-order valence-electron chi connectivity index (χ4n) is 3.50. The summed E-state index contributed by atoms with van der Waals surface area (Å²) in [5.41, 5.74) is 5.47. The van der Waals surface area contributed by atoms with Crippen molar-refractivity contribution in [2.24, 2.45) is 0 Å². The van der Waals surface area contributed by atoms with E-state index in [-0.39, 0.29) is 17.9 Å². The molecule has 0 spiro atoms. The molecule has 0 bridgehead atoms. The first-order valence-electron chi connectivity index (χ1n) is 11.0. The number of nitrogens with zero attached hydrogens (tertiary/aromatic N) is 3. The van der Waals surface area contributed by atoms with Gasteiger partial charge in [0.05, 0.1) is 12.3 Å². The number of aryl methyl sites for hydroxylation is 2. The van der Waals surface area contributed by atoms with Crippen molar-refractivity contribution in [1.82, 2.24) is 20.0 Å². The molecular formula is C26H32N4O3. The second-order valence-corrected chi connectivity index (χ2v) is 8.57. The van der Waals surface area contributed by atoms with Gasteiger partial charge in [-0.1, -0.05) is 29.8 Å². The molecule has 7 heteroatoms. The van der Waals surface area contributed by atoms with E-state index in [9.17, 15) is 9.59 Å². The Morgan fingerprint density at radius 3 is 2.39 bits per heavy atom. The standard InChI is InChI=1S/C26H32N4O3/c1-17(2)27-25(31)24-13-19(4)30(28-24)23-15-21(20-9-7-18(3)8-10-20)14-22(16-23)26(32)29(5)11-12-33-6/h7-10,13-17H,11-12H2,1-6H3,(H,27,31). The van der Waals surface area contributed by atoms with Crippen molar-refractivity contribution in [3.63, 3.8) is 0 Å². The molecule has 0 saturated carbocycles. The van der Waals surface area contributed by atoms with Gasteiger partial charge in [0.2, 0.25) is 0 Å². The van der Waals surface area contributed by atoms with Crippen LogP contribution in [0, 0.1) is 13.8 Å². The maximum atomic E-state index is 13.2. The van der Waals surface area contributed by atoms with Gasteiger partial charge < -0.3 is 15.0 Å². The summed E-state index contributed by atoms with van der Waals surface area (Å²) in [4.78, 5) is 27.3. The highest BCUT2D eigenvalue weighted by molar-refractivity contribution is 5.96. The van der Waals surface area contributed by atoms with Crippen LogP contribution < -0.4 is 5.32 Å². The number of methoxy groups -OCH3 is 1. The normalized spacial score (nSPS) is 11.0. The number of amides is 2. The van der Waals surface area contributed by atoms with Gasteiger partial charge in [-0.05, 0) is 63.1 Å². The lowest BCUT2D eigenvalue weighted by Crippen LogP contribution is -2.30. The van der Waals surface area contributed by atoms with E-state index in [2.05, 4.69) is 10.4 Å². The number of benzene rings is 2. The predicted octanol–water partition coefficient (Wildman–Crippen LogP) is 4.01. The van der Waals surface area contributed by atoms with E-state index >= 15 is 0 Å². The van der Waals surface area contributed by atoms with Crippen LogP contribution in [0.3, 0.4) is 0 Å². The number of aromatic nitrogens is 2. The molecule has 1 heterocycles. The highest BCUT2D eigenvalue weighted by Crippen LogP contribution is 2.26. The quantitative estimate of drug-likeness (QED) is 0.565. The van der Waals surface area contributed by atoms with Crippen LogP contribution in [0.5, 0.6) is 0 Å². The molecule has 1 N–H and O–H groups in total. The first-order valence-corrected chi connectivity index (χ1v) is 11.0. The minimum atomic E-state index is -0.225. The van der Waals surface area contributed by atoms with Crippen LogP contribution in [0.4, 0.5) is 0 Å². The van der Waals surface area contributed by atoms with Gasteiger partial charge in [-0.2, -0.15) is 5.10 Å². The summed E-state index contributed by atoms with van der Waals surface area (Å²) in [5.74, 6) is -0.331. The van der Waals surface area contributed by atoms with Crippen LogP contribution >= 0.6 is 0 Å². The van der Waals surface area contributed by atoms with E-state index in [0.717, 1.165) is 28.1 Å². The number of nitrogens with one attached hydrogen (secondary N) is 1. The topological polar surface area (TPSA) is 76.5 Å². The monoisotopic (exact) mass is 448 g/mol. The Kier molecular flexibility index (Phi) is 7.66. The average molecular weight is 449 g/mol. The zero-order chi connectivity index (χ0) is 24.1. The molecule has 0 radical (unpaired) electrons. The largest absolute Gasteiger partial charge is 0.383 e. The minimum absolute atomic E-state index is 0.0136. The SMILES string of the molecule is COCCN(C)C(=O)c1cc(-c2ccc(C)cc2)cc(-n2nc(C(=O)NC(C)C)cc2C)c1. The first-order chi connectivity index (χ1) is 15.7. The molecule has 0 aliphatic rings. The van der Waals surface area contributed by atoms with Gasteiger partial charge in [-0.15, -0.1) is 0 Å². The second kappa shape index (κ2) is 10.4. The molecule has 1 aromatic heterocycles. The molecule has 0 aliphatic carbocycles. The number of hydrogen-bond donors (Lipinski definition) is 1. The Balaban J connectivity index is 2.08. The Morgan fingerprint density at radius 1 is 1.06 bits per heavy atom. The van der Waals surface area contributed by atoms with Crippen molar-refractivity contribution in [3.05, 3.63) is 71.0 Å². The summed E-state index contributed by atoms with van der Waals surface area (Å²) >= 11 is 0. The molecule has 2 aromatic carbocycles. The van der Waals surface area contributed by atoms with Gasteiger partial charge in [0.25, 0.3) is 11.8 Å². The van der Waals surface area contributed by atoms with Crippen LogP contribution in [0.25, 0.3) is 16.8 Å². The second-order valence-electron chi connectivity index (χ2n) is 8.57. The molecule has 2 amide bonds. The van der Waals surface area contributed by atoms with Gasteiger partial charge in [-0.3, -0.25) is 9.59 Å². The lowest BCUT2D eigenvalue weighted by Gasteiger charge is -2.18. The maximum Gasteiger partial charge on any atom is 0.271 e. The number of ether oxygens (including phenoxy) is 1. The molecule has 0 atom stereocenters. The van der Waals surface area contributed by atoms with Crippen molar-refractivity contribution >= 4 is 11.8 Å². The molecule has 0 saturated heterocycles. The molecule has 3 aromatic rings. The molecule has 7 nitrogen and oxygen atoms in total. The van der Waals surface area contributed by atoms with E-state index < -0.39 is 0 Å². The summed E-state index contributed by atoms with van der Waals surface area (Å²) in [7, 11) is 3.37. The molecule has 33 heavy (non-hydrogen) atoms. The van der Waals surface area contributed by atoms with Crippen molar-refractivity contribution in [1.29, 1.82) is 0 Å². The zero-order valence-electron chi connectivity index (χ0n) is 20.2. The van der Waals surface area contributed by atoms with Crippen molar-refractivity contribution < 1.29 is 14.3 Å². The van der Waals surface area contributed by atoms with Gasteiger partial charge >= 0.3 is 0 Å². The molecule has 0 aliphatic heterocycles. The Labute approximate surface area is 195 Å². The van der Waals surface area contributed by atoms with E-state index in [1.807, 2.05) is 70.2 Å². The summed E-state index contributed by atoms with van der Waals surface area (Å²) in [6.45, 7) is 8.69. The molecular weight excluding hydrogens is 416 g/mol. The lowest BCUT2D eigenvalue weighted by atomic mass is 10.0. The summed E-state index contributed by atoms with van der Waals surface area (Å²) in [6.07, 6.45) is 0. The van der Waals surface area contributed by atoms with E-state index in [1.165, 1.54) is 0 Å². The van der Waals surface area contributed by atoms with Crippen molar-refractivity contribution in [3.8, 4) is 16.8 Å². The highest BCUT2D eigenvalue weighted by atomic mass is 16.5. The molecule has 0 unspecified atom stereocenters.